The van der Waals surface area contributed by atoms with Gasteiger partial charge in [0.1, 0.15) is 0 Å². The number of carbonyl (C=O) groups is 1. The third-order valence-corrected chi connectivity index (χ3v) is 6.50. The molecule has 1 aromatic carbocycles. The van der Waals surface area contributed by atoms with Crippen molar-refractivity contribution in [2.45, 2.75) is 24.2 Å². The number of nitrogens with one attached hydrogen (secondary N) is 1. The number of piperidine rings is 1. The molecule has 0 spiro atoms. The Balaban J connectivity index is 1.91. The Labute approximate surface area is 137 Å². The number of hydrogen-bond donors (Lipinski definition) is 1. The maximum Gasteiger partial charge on any atom is 0.242 e. The molecule has 0 aromatic heterocycles. The molecule has 23 heavy (non-hydrogen) atoms. The molecule has 0 bridgehead atoms. The predicted octanol–water partition coefficient (Wildman–Crippen LogP) is 0.826. The van der Waals surface area contributed by atoms with Gasteiger partial charge < -0.3 is 10.2 Å². The largest absolute Gasteiger partial charge is 0.317 e. The van der Waals surface area contributed by atoms with Gasteiger partial charge in [0.2, 0.25) is 15.9 Å². The molecular formula is C16H23N3O3S. The van der Waals surface area contributed by atoms with Gasteiger partial charge in [0, 0.05) is 32.2 Å². The standard InChI is InChI=1S/C16H23N3O3S/c1-18(2)23(21,22)14-4-3-12-7-10-19(15(12)11-14)16(20)13-5-8-17-9-6-13/h3-4,11,13,17H,5-10H2,1-2H3. The maximum absolute atomic E-state index is 12.8. The molecular weight excluding hydrogens is 314 g/mol. The zero-order chi connectivity index (χ0) is 16.6. The molecule has 1 aromatic rings. The van der Waals surface area contributed by atoms with E-state index >= 15 is 0 Å². The summed E-state index contributed by atoms with van der Waals surface area (Å²) in [6, 6.07) is 5.12. The lowest BCUT2D eigenvalue weighted by Crippen LogP contribution is -2.40. The Kier molecular flexibility index (Phi) is 4.44. The van der Waals surface area contributed by atoms with Crippen LogP contribution in [0.1, 0.15) is 18.4 Å². The molecule has 2 aliphatic rings. The minimum Gasteiger partial charge on any atom is -0.317 e. The number of carbonyl (C=O) groups excluding carboxylic acids is 1. The fraction of sp³-hybridized carbons (Fsp3) is 0.562. The number of nitrogens with zero attached hydrogens (tertiary/aromatic N) is 2. The van der Waals surface area contributed by atoms with Crippen LogP contribution in [0.2, 0.25) is 0 Å². The number of rotatable bonds is 3. The molecule has 126 valence electrons. The van der Waals surface area contributed by atoms with Gasteiger partial charge >= 0.3 is 0 Å². The van der Waals surface area contributed by atoms with Crippen molar-refractivity contribution in [2.24, 2.45) is 5.92 Å². The van der Waals surface area contributed by atoms with Crippen LogP contribution in [0.3, 0.4) is 0 Å². The van der Waals surface area contributed by atoms with Crippen LogP contribution >= 0.6 is 0 Å². The summed E-state index contributed by atoms with van der Waals surface area (Å²) in [5, 5.41) is 3.27. The summed E-state index contributed by atoms with van der Waals surface area (Å²) in [7, 11) is -0.458. The molecule has 7 heteroatoms. The van der Waals surface area contributed by atoms with Gasteiger partial charge in [-0.25, -0.2) is 12.7 Å². The Morgan fingerprint density at radius 2 is 1.96 bits per heavy atom. The first-order valence-electron chi connectivity index (χ1n) is 7.99. The van der Waals surface area contributed by atoms with Gasteiger partial charge in [-0.05, 0) is 50.0 Å². The van der Waals surface area contributed by atoms with E-state index in [0.717, 1.165) is 43.6 Å². The quantitative estimate of drug-likeness (QED) is 0.887. The van der Waals surface area contributed by atoms with Crippen LogP contribution in [0.5, 0.6) is 0 Å². The first-order chi connectivity index (χ1) is 10.9. The van der Waals surface area contributed by atoms with E-state index in [1.54, 1.807) is 17.0 Å². The number of benzene rings is 1. The third-order valence-electron chi connectivity index (χ3n) is 4.69. The van der Waals surface area contributed by atoms with Gasteiger partial charge in [0.15, 0.2) is 0 Å². The van der Waals surface area contributed by atoms with E-state index < -0.39 is 10.0 Å². The fourth-order valence-electron chi connectivity index (χ4n) is 3.25. The van der Waals surface area contributed by atoms with Gasteiger partial charge in [0.05, 0.1) is 4.90 Å². The van der Waals surface area contributed by atoms with Crippen LogP contribution in [0.15, 0.2) is 23.1 Å². The molecule has 2 heterocycles. The van der Waals surface area contributed by atoms with E-state index in [1.807, 2.05) is 6.07 Å². The highest BCUT2D eigenvalue weighted by molar-refractivity contribution is 7.89. The van der Waals surface area contributed by atoms with Crippen molar-refractivity contribution >= 4 is 21.6 Å². The lowest BCUT2D eigenvalue weighted by atomic mass is 9.96. The van der Waals surface area contributed by atoms with E-state index in [2.05, 4.69) is 5.32 Å². The number of hydrogen-bond acceptors (Lipinski definition) is 4. The van der Waals surface area contributed by atoms with Gasteiger partial charge in [-0.2, -0.15) is 0 Å². The van der Waals surface area contributed by atoms with Crippen LogP contribution in [0.25, 0.3) is 0 Å². The van der Waals surface area contributed by atoms with Crippen molar-refractivity contribution in [1.29, 1.82) is 0 Å². The molecule has 0 atom stereocenters. The topological polar surface area (TPSA) is 69.7 Å². The van der Waals surface area contributed by atoms with Crippen LogP contribution in [-0.4, -0.2) is 52.4 Å². The molecule has 6 nitrogen and oxygen atoms in total. The zero-order valence-corrected chi connectivity index (χ0v) is 14.4. The first kappa shape index (κ1) is 16.4. The minimum atomic E-state index is -3.49. The highest BCUT2D eigenvalue weighted by Crippen LogP contribution is 2.33. The zero-order valence-electron chi connectivity index (χ0n) is 13.6. The Bertz CT molecular complexity index is 709. The van der Waals surface area contributed by atoms with Gasteiger partial charge in [-0.3, -0.25) is 4.79 Å². The average molecular weight is 337 g/mol. The summed E-state index contributed by atoms with van der Waals surface area (Å²) in [6.07, 6.45) is 2.48. The Morgan fingerprint density at radius 1 is 1.26 bits per heavy atom. The van der Waals surface area contributed by atoms with E-state index in [9.17, 15) is 13.2 Å². The summed E-state index contributed by atoms with van der Waals surface area (Å²) in [5.74, 6) is 0.168. The van der Waals surface area contributed by atoms with Crippen LogP contribution in [0.4, 0.5) is 5.69 Å². The van der Waals surface area contributed by atoms with Crippen LogP contribution in [0, 0.1) is 5.92 Å². The maximum atomic E-state index is 12.8. The van der Waals surface area contributed by atoms with Gasteiger partial charge in [-0.1, -0.05) is 6.07 Å². The molecule has 3 rings (SSSR count). The second kappa shape index (κ2) is 6.22. The molecule has 1 N–H and O–H groups in total. The summed E-state index contributed by atoms with van der Waals surface area (Å²) in [4.78, 5) is 14.8. The van der Waals surface area contributed by atoms with Crippen molar-refractivity contribution in [2.75, 3.05) is 38.6 Å². The second-order valence-corrected chi connectivity index (χ2v) is 8.49. The molecule has 0 unspecified atom stereocenters. The average Bonchev–Trinajstić information content (AvgIpc) is 2.97. The van der Waals surface area contributed by atoms with Crippen LogP contribution in [-0.2, 0) is 21.2 Å². The third kappa shape index (κ3) is 3.00. The number of fused-ring (bicyclic) bond motifs is 1. The number of sulfonamides is 1. The SMILES string of the molecule is CN(C)S(=O)(=O)c1ccc2c(c1)N(C(=O)C1CCNCC1)CC2. The summed E-state index contributed by atoms with van der Waals surface area (Å²) in [6.45, 7) is 2.38. The van der Waals surface area contributed by atoms with Gasteiger partial charge in [-0.15, -0.1) is 0 Å². The number of amides is 1. The predicted molar refractivity (Wildman–Crippen MR) is 89.0 cm³/mol. The lowest BCUT2D eigenvalue weighted by molar-refractivity contribution is -0.123. The molecule has 0 radical (unpaired) electrons. The van der Waals surface area contributed by atoms with Crippen LogP contribution < -0.4 is 10.2 Å². The smallest absolute Gasteiger partial charge is 0.242 e. The van der Waals surface area contributed by atoms with E-state index in [0.29, 0.717) is 6.54 Å². The Hall–Kier alpha value is -1.44. The number of anilines is 1. The van der Waals surface area contributed by atoms with Crippen molar-refractivity contribution in [3.05, 3.63) is 23.8 Å². The molecule has 0 aliphatic carbocycles. The normalized spacial score (nSPS) is 19.2. The first-order valence-corrected chi connectivity index (χ1v) is 9.43. The van der Waals surface area contributed by atoms with Gasteiger partial charge in [0.25, 0.3) is 0 Å². The van der Waals surface area contributed by atoms with E-state index in [1.165, 1.54) is 18.4 Å². The molecule has 2 aliphatic heterocycles. The van der Waals surface area contributed by atoms with Crippen molar-refractivity contribution in [3.63, 3.8) is 0 Å². The molecule has 0 saturated carbocycles. The molecule has 1 fully saturated rings. The summed E-state index contributed by atoms with van der Waals surface area (Å²) in [5.41, 5.74) is 1.81. The highest BCUT2D eigenvalue weighted by atomic mass is 32.2. The van der Waals surface area contributed by atoms with Crippen molar-refractivity contribution in [1.82, 2.24) is 9.62 Å². The highest BCUT2D eigenvalue weighted by Gasteiger charge is 2.32. The monoisotopic (exact) mass is 337 g/mol. The lowest BCUT2D eigenvalue weighted by Gasteiger charge is -2.27. The summed E-state index contributed by atoms with van der Waals surface area (Å²) >= 11 is 0. The van der Waals surface area contributed by atoms with E-state index in [-0.39, 0.29) is 16.7 Å². The van der Waals surface area contributed by atoms with Crippen molar-refractivity contribution in [3.8, 4) is 0 Å². The summed E-state index contributed by atoms with van der Waals surface area (Å²) < 4.78 is 25.8. The minimum absolute atomic E-state index is 0.0383. The Morgan fingerprint density at radius 3 is 2.61 bits per heavy atom. The molecule has 1 saturated heterocycles. The van der Waals surface area contributed by atoms with E-state index in [4.69, 9.17) is 0 Å². The van der Waals surface area contributed by atoms with Crippen molar-refractivity contribution < 1.29 is 13.2 Å². The molecule has 1 amide bonds. The fourth-order valence-corrected chi connectivity index (χ4v) is 4.17. The second-order valence-electron chi connectivity index (χ2n) is 6.34.